The van der Waals surface area contributed by atoms with Crippen LogP contribution in [0, 0.1) is 5.92 Å². The third-order valence-electron chi connectivity index (χ3n) is 3.72. The average molecular weight is 370 g/mol. The summed E-state index contributed by atoms with van der Waals surface area (Å²) in [6, 6.07) is 14.5. The molecule has 6 nitrogen and oxygen atoms in total. The van der Waals surface area contributed by atoms with Crippen LogP contribution in [0.15, 0.2) is 48.5 Å². The zero-order valence-corrected chi connectivity index (χ0v) is 16.0. The molecule has 0 radical (unpaired) electrons. The second-order valence-corrected chi connectivity index (χ2v) is 6.59. The molecule has 144 valence electrons. The SMILES string of the molecule is COc1ccc(OCC(=O)NCc2cccc(NC(=O)CC(C)C)c2)cc1. The molecule has 0 aliphatic heterocycles. The molecule has 2 rings (SSSR count). The number of hydrogen-bond donors (Lipinski definition) is 2. The van der Waals surface area contributed by atoms with E-state index in [-0.39, 0.29) is 18.4 Å². The fraction of sp³-hybridized carbons (Fsp3) is 0.333. The minimum absolute atomic E-state index is 0.0147. The van der Waals surface area contributed by atoms with Crippen LogP contribution in [-0.2, 0) is 16.1 Å². The first-order valence-corrected chi connectivity index (χ1v) is 8.88. The van der Waals surface area contributed by atoms with Gasteiger partial charge in [-0.05, 0) is 47.9 Å². The van der Waals surface area contributed by atoms with Crippen molar-refractivity contribution in [3.8, 4) is 11.5 Å². The molecule has 0 saturated carbocycles. The number of amides is 2. The predicted octanol–water partition coefficient (Wildman–Crippen LogP) is 3.38. The maximum absolute atomic E-state index is 12.0. The smallest absolute Gasteiger partial charge is 0.258 e. The maximum atomic E-state index is 12.0. The van der Waals surface area contributed by atoms with Crippen LogP contribution in [0.5, 0.6) is 11.5 Å². The van der Waals surface area contributed by atoms with E-state index in [4.69, 9.17) is 9.47 Å². The highest BCUT2D eigenvalue weighted by molar-refractivity contribution is 5.90. The van der Waals surface area contributed by atoms with Crippen molar-refractivity contribution < 1.29 is 19.1 Å². The molecule has 0 aliphatic carbocycles. The summed E-state index contributed by atoms with van der Waals surface area (Å²) in [6.45, 7) is 4.29. The first kappa shape index (κ1) is 20.3. The van der Waals surface area contributed by atoms with Gasteiger partial charge < -0.3 is 20.1 Å². The van der Waals surface area contributed by atoms with Gasteiger partial charge in [0, 0.05) is 18.7 Å². The van der Waals surface area contributed by atoms with Gasteiger partial charge in [0.25, 0.3) is 5.91 Å². The van der Waals surface area contributed by atoms with Gasteiger partial charge >= 0.3 is 0 Å². The van der Waals surface area contributed by atoms with E-state index in [9.17, 15) is 9.59 Å². The van der Waals surface area contributed by atoms with E-state index in [0.29, 0.717) is 24.6 Å². The fourth-order valence-corrected chi connectivity index (χ4v) is 2.41. The number of methoxy groups -OCH3 is 1. The van der Waals surface area contributed by atoms with E-state index in [1.807, 2.05) is 38.1 Å². The fourth-order valence-electron chi connectivity index (χ4n) is 2.41. The maximum Gasteiger partial charge on any atom is 0.258 e. The topological polar surface area (TPSA) is 76.7 Å². The third-order valence-corrected chi connectivity index (χ3v) is 3.72. The number of rotatable bonds is 9. The Bertz CT molecular complexity index is 757. The van der Waals surface area contributed by atoms with Crippen molar-refractivity contribution >= 4 is 17.5 Å². The molecule has 2 aromatic rings. The number of nitrogens with one attached hydrogen (secondary N) is 2. The third kappa shape index (κ3) is 7.40. The Morgan fingerprint density at radius 2 is 1.70 bits per heavy atom. The molecule has 27 heavy (non-hydrogen) atoms. The number of carbonyl (C=O) groups excluding carboxylic acids is 2. The summed E-state index contributed by atoms with van der Waals surface area (Å²) in [5.74, 6) is 1.39. The van der Waals surface area contributed by atoms with E-state index < -0.39 is 0 Å². The lowest BCUT2D eigenvalue weighted by Crippen LogP contribution is -2.28. The van der Waals surface area contributed by atoms with Crippen molar-refractivity contribution in [1.29, 1.82) is 0 Å². The first-order chi connectivity index (χ1) is 13.0. The van der Waals surface area contributed by atoms with Crippen LogP contribution in [0.25, 0.3) is 0 Å². The lowest BCUT2D eigenvalue weighted by atomic mass is 10.1. The number of ether oxygens (including phenoxy) is 2. The van der Waals surface area contributed by atoms with Gasteiger partial charge in [-0.15, -0.1) is 0 Å². The van der Waals surface area contributed by atoms with Crippen LogP contribution in [0.1, 0.15) is 25.8 Å². The average Bonchev–Trinajstić information content (AvgIpc) is 2.64. The normalized spacial score (nSPS) is 10.4. The van der Waals surface area contributed by atoms with E-state index in [1.165, 1.54) is 0 Å². The molecular weight excluding hydrogens is 344 g/mol. The van der Waals surface area contributed by atoms with Gasteiger partial charge in [0.05, 0.1) is 7.11 Å². The van der Waals surface area contributed by atoms with E-state index >= 15 is 0 Å². The monoisotopic (exact) mass is 370 g/mol. The van der Waals surface area contributed by atoms with Gasteiger partial charge in [-0.2, -0.15) is 0 Å². The van der Waals surface area contributed by atoms with Crippen molar-refractivity contribution in [3.05, 3.63) is 54.1 Å². The molecule has 2 aromatic carbocycles. The summed E-state index contributed by atoms with van der Waals surface area (Å²) in [7, 11) is 1.59. The van der Waals surface area contributed by atoms with Gasteiger partial charge in [-0.3, -0.25) is 9.59 Å². The van der Waals surface area contributed by atoms with Gasteiger partial charge in [-0.1, -0.05) is 26.0 Å². The lowest BCUT2D eigenvalue weighted by molar-refractivity contribution is -0.123. The van der Waals surface area contributed by atoms with E-state index in [0.717, 1.165) is 17.0 Å². The minimum Gasteiger partial charge on any atom is -0.497 e. The van der Waals surface area contributed by atoms with Gasteiger partial charge in [0.2, 0.25) is 5.91 Å². The Labute approximate surface area is 159 Å². The van der Waals surface area contributed by atoms with Crippen LogP contribution in [-0.4, -0.2) is 25.5 Å². The summed E-state index contributed by atoms with van der Waals surface area (Å²) >= 11 is 0. The number of carbonyl (C=O) groups is 2. The van der Waals surface area contributed by atoms with Crippen LogP contribution in [0.4, 0.5) is 5.69 Å². The standard InChI is InChI=1S/C21H26N2O4/c1-15(2)11-20(24)23-17-6-4-5-16(12-17)13-22-21(25)14-27-19-9-7-18(26-3)8-10-19/h4-10,12,15H,11,13-14H2,1-3H3,(H,22,25)(H,23,24). The lowest BCUT2D eigenvalue weighted by Gasteiger charge is -2.10. The summed E-state index contributed by atoms with van der Waals surface area (Å²) in [5, 5.41) is 5.67. The van der Waals surface area contributed by atoms with Crippen LogP contribution in [0.3, 0.4) is 0 Å². The molecule has 2 N–H and O–H groups in total. The minimum atomic E-state index is -0.222. The predicted molar refractivity (Wildman–Crippen MR) is 105 cm³/mol. The summed E-state index contributed by atoms with van der Waals surface area (Å²) in [6.07, 6.45) is 0.476. The van der Waals surface area contributed by atoms with Crippen LogP contribution >= 0.6 is 0 Å². The molecular formula is C21H26N2O4. The molecule has 0 atom stereocenters. The number of anilines is 1. The molecule has 0 spiro atoms. The molecule has 0 heterocycles. The van der Waals surface area contributed by atoms with Gasteiger partial charge in [-0.25, -0.2) is 0 Å². The second-order valence-electron chi connectivity index (χ2n) is 6.59. The van der Waals surface area contributed by atoms with E-state index in [2.05, 4.69) is 10.6 Å². The van der Waals surface area contributed by atoms with Crippen molar-refractivity contribution in [2.24, 2.45) is 5.92 Å². The first-order valence-electron chi connectivity index (χ1n) is 8.88. The zero-order chi connectivity index (χ0) is 19.6. The van der Waals surface area contributed by atoms with Crippen molar-refractivity contribution in [1.82, 2.24) is 5.32 Å². The van der Waals surface area contributed by atoms with Crippen molar-refractivity contribution in [2.75, 3.05) is 19.0 Å². The van der Waals surface area contributed by atoms with Crippen molar-refractivity contribution in [3.63, 3.8) is 0 Å². The Kier molecular flexibility index (Phi) is 7.67. The molecule has 0 aromatic heterocycles. The summed E-state index contributed by atoms with van der Waals surface area (Å²) < 4.78 is 10.5. The van der Waals surface area contributed by atoms with Gasteiger partial charge in [0.1, 0.15) is 11.5 Å². The quantitative estimate of drug-likeness (QED) is 0.709. The molecule has 0 fully saturated rings. The molecule has 0 aliphatic rings. The Morgan fingerprint density at radius 1 is 1.00 bits per heavy atom. The van der Waals surface area contributed by atoms with Gasteiger partial charge in [0.15, 0.2) is 6.61 Å². The Hall–Kier alpha value is -3.02. The highest BCUT2D eigenvalue weighted by Gasteiger charge is 2.07. The largest absolute Gasteiger partial charge is 0.497 e. The Morgan fingerprint density at radius 3 is 2.37 bits per heavy atom. The van der Waals surface area contributed by atoms with Crippen LogP contribution in [0.2, 0.25) is 0 Å². The summed E-state index contributed by atoms with van der Waals surface area (Å²) in [4.78, 5) is 23.8. The highest BCUT2D eigenvalue weighted by Crippen LogP contribution is 2.17. The Balaban J connectivity index is 1.78. The molecule has 0 saturated heterocycles. The second kappa shape index (κ2) is 10.2. The number of hydrogen-bond acceptors (Lipinski definition) is 4. The number of benzene rings is 2. The zero-order valence-electron chi connectivity index (χ0n) is 16.0. The molecule has 0 bridgehead atoms. The molecule has 2 amide bonds. The highest BCUT2D eigenvalue weighted by atomic mass is 16.5. The van der Waals surface area contributed by atoms with Crippen LogP contribution < -0.4 is 20.1 Å². The molecule has 6 heteroatoms. The molecule has 0 unspecified atom stereocenters. The van der Waals surface area contributed by atoms with E-state index in [1.54, 1.807) is 31.4 Å². The van der Waals surface area contributed by atoms with Crippen molar-refractivity contribution in [2.45, 2.75) is 26.8 Å². The summed E-state index contributed by atoms with van der Waals surface area (Å²) in [5.41, 5.74) is 1.62.